The molecule has 1 atom stereocenters. The third kappa shape index (κ3) is 3.36. The summed E-state index contributed by atoms with van der Waals surface area (Å²) in [6.07, 6.45) is 0.515. The fraction of sp³-hybridized carbons (Fsp3) is 0.182. The molecule has 0 aliphatic carbocycles. The molecule has 1 aliphatic rings. The molecule has 1 fully saturated rings. The molecule has 6 nitrogen and oxygen atoms in total. The second-order valence-electron chi connectivity index (χ2n) is 7.20. The standard InChI is InChI=1S/C22H18ClN5O/c23-19-11-18(14-27-13-17(12-20(27)29)15-7-3-1-4-8-15)22-25-24-21(28(22)26-19)16-9-5-2-6-10-16/h1-11,17H,12-14H2. The molecule has 29 heavy (non-hydrogen) atoms. The molecular weight excluding hydrogens is 386 g/mol. The number of rotatable bonds is 4. The lowest BCUT2D eigenvalue weighted by Crippen LogP contribution is -2.25. The summed E-state index contributed by atoms with van der Waals surface area (Å²) in [7, 11) is 0. The normalized spacial score (nSPS) is 16.7. The highest BCUT2D eigenvalue weighted by molar-refractivity contribution is 6.29. The number of likely N-dealkylation sites (tertiary alicyclic amines) is 1. The molecule has 0 spiro atoms. The summed E-state index contributed by atoms with van der Waals surface area (Å²) in [5.41, 5.74) is 3.54. The Morgan fingerprint density at radius 2 is 1.72 bits per heavy atom. The smallest absolute Gasteiger partial charge is 0.223 e. The summed E-state index contributed by atoms with van der Waals surface area (Å²) >= 11 is 6.30. The molecule has 5 rings (SSSR count). The average Bonchev–Trinajstić information content (AvgIpc) is 3.33. The Balaban J connectivity index is 1.47. The van der Waals surface area contributed by atoms with Crippen molar-refractivity contribution in [2.45, 2.75) is 18.9 Å². The number of nitrogens with zero attached hydrogens (tertiary/aromatic N) is 5. The first-order valence-electron chi connectivity index (χ1n) is 9.48. The van der Waals surface area contributed by atoms with Gasteiger partial charge in [0.15, 0.2) is 16.6 Å². The first kappa shape index (κ1) is 17.8. The molecular formula is C22H18ClN5O. The van der Waals surface area contributed by atoms with Crippen molar-refractivity contribution >= 4 is 23.2 Å². The number of halogens is 1. The van der Waals surface area contributed by atoms with E-state index >= 15 is 0 Å². The van der Waals surface area contributed by atoms with Crippen molar-refractivity contribution in [1.82, 2.24) is 24.7 Å². The van der Waals surface area contributed by atoms with Gasteiger partial charge in [-0.05, 0) is 11.6 Å². The molecule has 0 bridgehead atoms. The predicted octanol–water partition coefficient (Wildman–Crippen LogP) is 3.96. The maximum Gasteiger partial charge on any atom is 0.223 e. The van der Waals surface area contributed by atoms with E-state index in [0.717, 1.165) is 11.1 Å². The highest BCUT2D eigenvalue weighted by Crippen LogP contribution is 2.30. The van der Waals surface area contributed by atoms with Crippen LogP contribution in [0.1, 0.15) is 23.5 Å². The highest BCUT2D eigenvalue weighted by atomic mass is 35.5. The van der Waals surface area contributed by atoms with Gasteiger partial charge in [0.05, 0.1) is 0 Å². The molecule has 4 aromatic rings. The van der Waals surface area contributed by atoms with Crippen molar-refractivity contribution in [1.29, 1.82) is 0 Å². The number of hydrogen-bond donors (Lipinski definition) is 0. The van der Waals surface area contributed by atoms with Crippen LogP contribution in [-0.2, 0) is 11.3 Å². The molecule has 0 radical (unpaired) electrons. The summed E-state index contributed by atoms with van der Waals surface area (Å²) in [6.45, 7) is 1.11. The van der Waals surface area contributed by atoms with Crippen LogP contribution in [0.2, 0.25) is 5.15 Å². The minimum absolute atomic E-state index is 0.132. The molecule has 144 valence electrons. The van der Waals surface area contributed by atoms with Crippen LogP contribution in [-0.4, -0.2) is 37.2 Å². The van der Waals surface area contributed by atoms with Gasteiger partial charge in [-0.15, -0.1) is 10.2 Å². The lowest BCUT2D eigenvalue weighted by Gasteiger charge is -2.17. The molecule has 1 amide bonds. The van der Waals surface area contributed by atoms with Crippen molar-refractivity contribution < 1.29 is 4.79 Å². The largest absolute Gasteiger partial charge is 0.338 e. The zero-order valence-corrected chi connectivity index (χ0v) is 16.3. The second kappa shape index (κ2) is 7.29. The summed E-state index contributed by atoms with van der Waals surface area (Å²) in [4.78, 5) is 14.5. The average molecular weight is 404 g/mol. The molecule has 1 aliphatic heterocycles. The van der Waals surface area contributed by atoms with Crippen LogP contribution in [0.25, 0.3) is 17.0 Å². The van der Waals surface area contributed by atoms with Gasteiger partial charge in [0.25, 0.3) is 0 Å². The Bertz CT molecular complexity index is 1180. The molecule has 2 aromatic carbocycles. The molecule has 1 saturated heterocycles. The lowest BCUT2D eigenvalue weighted by molar-refractivity contribution is -0.128. The van der Waals surface area contributed by atoms with Crippen molar-refractivity contribution in [2.24, 2.45) is 0 Å². The third-order valence-electron chi connectivity index (χ3n) is 5.30. The monoisotopic (exact) mass is 403 g/mol. The second-order valence-corrected chi connectivity index (χ2v) is 7.59. The van der Waals surface area contributed by atoms with Crippen LogP contribution < -0.4 is 0 Å². The van der Waals surface area contributed by atoms with E-state index in [2.05, 4.69) is 27.4 Å². The van der Waals surface area contributed by atoms with Crippen LogP contribution in [0.4, 0.5) is 0 Å². The molecule has 3 heterocycles. The number of aromatic nitrogens is 4. The minimum Gasteiger partial charge on any atom is -0.338 e. The summed E-state index contributed by atoms with van der Waals surface area (Å²) < 4.78 is 1.65. The number of fused-ring (bicyclic) bond motifs is 1. The van der Waals surface area contributed by atoms with Crippen LogP contribution in [0.3, 0.4) is 0 Å². The third-order valence-corrected chi connectivity index (χ3v) is 5.48. The lowest BCUT2D eigenvalue weighted by atomic mass is 9.99. The first-order valence-corrected chi connectivity index (χ1v) is 9.86. The van der Waals surface area contributed by atoms with Gasteiger partial charge in [-0.1, -0.05) is 72.3 Å². The Kier molecular flexibility index (Phi) is 4.48. The Hall–Kier alpha value is -3.25. The summed E-state index contributed by atoms with van der Waals surface area (Å²) in [6, 6.07) is 21.7. The van der Waals surface area contributed by atoms with Crippen LogP contribution in [0, 0.1) is 0 Å². The molecule has 2 aromatic heterocycles. The van der Waals surface area contributed by atoms with E-state index in [0.29, 0.717) is 36.1 Å². The summed E-state index contributed by atoms with van der Waals surface area (Å²) in [5.74, 6) is 0.960. The fourth-order valence-corrected chi connectivity index (χ4v) is 4.08. The van der Waals surface area contributed by atoms with Crippen molar-refractivity contribution in [3.63, 3.8) is 0 Å². The van der Waals surface area contributed by atoms with E-state index in [1.165, 1.54) is 5.56 Å². The predicted molar refractivity (Wildman–Crippen MR) is 110 cm³/mol. The Morgan fingerprint density at radius 3 is 2.48 bits per heavy atom. The van der Waals surface area contributed by atoms with E-state index in [1.807, 2.05) is 53.4 Å². The van der Waals surface area contributed by atoms with Gasteiger partial charge in [0, 0.05) is 36.6 Å². The van der Waals surface area contributed by atoms with Crippen molar-refractivity contribution in [3.05, 3.63) is 83.0 Å². The van der Waals surface area contributed by atoms with Crippen molar-refractivity contribution in [3.8, 4) is 11.4 Å². The maximum atomic E-state index is 12.6. The Morgan fingerprint density at radius 1 is 1.00 bits per heavy atom. The number of carbonyl (C=O) groups is 1. The Labute approximate surface area is 172 Å². The quantitative estimate of drug-likeness (QED) is 0.517. The fourth-order valence-electron chi connectivity index (χ4n) is 3.87. The van der Waals surface area contributed by atoms with Gasteiger partial charge in [-0.2, -0.15) is 9.61 Å². The number of amides is 1. The van der Waals surface area contributed by atoms with Crippen LogP contribution in [0.15, 0.2) is 66.7 Å². The molecule has 0 saturated carbocycles. The van der Waals surface area contributed by atoms with Gasteiger partial charge in [-0.25, -0.2) is 0 Å². The van der Waals surface area contributed by atoms with E-state index in [4.69, 9.17) is 11.6 Å². The van der Waals surface area contributed by atoms with Crippen LogP contribution >= 0.6 is 11.6 Å². The maximum absolute atomic E-state index is 12.6. The van der Waals surface area contributed by atoms with Gasteiger partial charge in [0.2, 0.25) is 5.91 Å². The van der Waals surface area contributed by atoms with E-state index in [1.54, 1.807) is 10.6 Å². The first-order chi connectivity index (χ1) is 14.2. The summed E-state index contributed by atoms with van der Waals surface area (Å²) in [5, 5.41) is 13.4. The number of carbonyl (C=O) groups excluding carboxylic acids is 1. The van der Waals surface area contributed by atoms with E-state index in [9.17, 15) is 4.79 Å². The minimum atomic E-state index is 0.132. The van der Waals surface area contributed by atoms with Crippen molar-refractivity contribution in [2.75, 3.05) is 6.54 Å². The highest BCUT2D eigenvalue weighted by Gasteiger charge is 2.31. The van der Waals surface area contributed by atoms with Gasteiger partial charge in [0.1, 0.15) is 0 Å². The molecule has 7 heteroatoms. The molecule has 0 N–H and O–H groups in total. The van der Waals surface area contributed by atoms with Gasteiger partial charge >= 0.3 is 0 Å². The number of benzene rings is 2. The topological polar surface area (TPSA) is 63.4 Å². The SMILES string of the molecule is O=C1CC(c2ccccc2)CN1Cc1cc(Cl)nn2c(-c3ccccc3)nnc12. The zero-order valence-electron chi connectivity index (χ0n) is 15.6. The van der Waals surface area contributed by atoms with E-state index < -0.39 is 0 Å². The van der Waals surface area contributed by atoms with Gasteiger partial charge in [-0.3, -0.25) is 4.79 Å². The molecule has 1 unspecified atom stereocenters. The zero-order chi connectivity index (χ0) is 19.8. The van der Waals surface area contributed by atoms with Gasteiger partial charge < -0.3 is 4.90 Å². The number of hydrogen-bond acceptors (Lipinski definition) is 4. The van der Waals surface area contributed by atoms with Crippen LogP contribution in [0.5, 0.6) is 0 Å². The van der Waals surface area contributed by atoms with E-state index in [-0.39, 0.29) is 11.8 Å².